The van der Waals surface area contributed by atoms with Crippen molar-refractivity contribution in [2.45, 2.75) is 62.9 Å². The lowest BCUT2D eigenvalue weighted by Gasteiger charge is -2.26. The molecule has 6 nitrogen and oxygen atoms in total. The highest BCUT2D eigenvalue weighted by molar-refractivity contribution is 5.67. The Morgan fingerprint density at radius 1 is 1.00 bits per heavy atom. The van der Waals surface area contributed by atoms with Gasteiger partial charge in [-0.3, -0.25) is 0 Å². The molecule has 1 aliphatic heterocycles. The molecule has 0 aliphatic carbocycles. The number of rotatable bonds is 0. The average Bonchev–Trinajstić information content (AvgIpc) is 3.09. The second kappa shape index (κ2) is 7.47. The number of aromatic nitrogens is 3. The number of pyridine rings is 1. The van der Waals surface area contributed by atoms with Crippen molar-refractivity contribution in [1.29, 1.82) is 0 Å². The predicted octanol–water partition coefficient (Wildman–Crippen LogP) is 4.38. The van der Waals surface area contributed by atoms with Gasteiger partial charge in [0.25, 0.3) is 11.8 Å². The third kappa shape index (κ3) is 4.16. The van der Waals surface area contributed by atoms with Crippen LogP contribution in [0, 0.1) is 0 Å². The first-order valence-corrected chi connectivity index (χ1v) is 8.93. The van der Waals surface area contributed by atoms with Gasteiger partial charge in [0.2, 0.25) is 5.60 Å². The first-order chi connectivity index (χ1) is 13.4. The molecule has 2 aromatic heterocycles. The Bertz CT molecular complexity index is 880. The molecule has 12 heteroatoms. The van der Waals surface area contributed by atoms with Crippen LogP contribution in [0.4, 0.5) is 32.0 Å². The number of halogens is 6. The van der Waals surface area contributed by atoms with E-state index in [0.29, 0.717) is 31.7 Å². The molecule has 0 amide bonds. The summed E-state index contributed by atoms with van der Waals surface area (Å²) in [6, 6.07) is 0.656. The van der Waals surface area contributed by atoms with Gasteiger partial charge in [0.05, 0.1) is 16.9 Å². The maximum Gasteiger partial charge on any atom is 0.426 e. The van der Waals surface area contributed by atoms with E-state index in [9.17, 15) is 31.4 Å². The monoisotopic (exact) mass is 424 g/mol. The van der Waals surface area contributed by atoms with Crippen LogP contribution >= 0.6 is 0 Å². The van der Waals surface area contributed by atoms with E-state index in [1.54, 1.807) is 0 Å². The number of hydrogen-bond acceptors (Lipinski definition) is 6. The highest BCUT2D eigenvalue weighted by atomic mass is 19.4. The minimum atomic E-state index is -5.09. The zero-order valence-electron chi connectivity index (χ0n) is 15.1. The van der Waals surface area contributed by atoms with Crippen molar-refractivity contribution in [2.75, 3.05) is 5.73 Å². The third-order valence-electron chi connectivity index (χ3n) is 4.84. The van der Waals surface area contributed by atoms with Crippen LogP contribution in [0.5, 0.6) is 0 Å². The molecule has 0 radical (unpaired) electrons. The third-order valence-corrected chi connectivity index (χ3v) is 4.84. The summed E-state index contributed by atoms with van der Waals surface area (Å²) in [5, 5.41) is 17.0. The van der Waals surface area contributed by atoms with Crippen LogP contribution in [0.3, 0.4) is 0 Å². The minimum absolute atomic E-state index is 0.00953. The van der Waals surface area contributed by atoms with Gasteiger partial charge in [-0.2, -0.15) is 26.3 Å². The van der Waals surface area contributed by atoms with Crippen molar-refractivity contribution in [1.82, 2.24) is 15.2 Å². The van der Waals surface area contributed by atoms with Crippen LogP contribution in [0.25, 0.3) is 11.6 Å². The molecule has 0 spiro atoms. The Labute approximate surface area is 161 Å². The second-order valence-electron chi connectivity index (χ2n) is 6.96. The van der Waals surface area contributed by atoms with Crippen LogP contribution in [0.2, 0.25) is 0 Å². The molecule has 160 valence electrons. The molecule has 3 heterocycles. The van der Waals surface area contributed by atoms with E-state index in [0.717, 1.165) is 0 Å². The lowest BCUT2D eigenvalue weighted by molar-refractivity contribution is -0.277. The number of aryl methyl sites for hydroxylation is 1. The summed E-state index contributed by atoms with van der Waals surface area (Å²) in [6.45, 7) is 0. The van der Waals surface area contributed by atoms with E-state index < -0.39 is 47.4 Å². The summed E-state index contributed by atoms with van der Waals surface area (Å²) in [5.41, 5.74) is 0.133. The number of nitrogens with two attached hydrogens (primary N) is 1. The average molecular weight is 424 g/mol. The Hall–Kier alpha value is -2.37. The van der Waals surface area contributed by atoms with Gasteiger partial charge < -0.3 is 15.3 Å². The van der Waals surface area contributed by atoms with E-state index in [-0.39, 0.29) is 24.2 Å². The topological polar surface area (TPSA) is 98.1 Å². The molecule has 4 bridgehead atoms. The van der Waals surface area contributed by atoms with Gasteiger partial charge in [-0.25, -0.2) is 4.98 Å². The lowest BCUT2D eigenvalue weighted by atomic mass is 9.94. The molecule has 0 saturated heterocycles. The standard InChI is InChI=1S/C17H18F6N4O2/c18-16(19,20)9-8-10(24)12-13-26-27-14(29-13)15(28,17(21,22)23)7-5-3-1-2-4-6-11(9)25-12/h8,28H,1-7,24H2. The van der Waals surface area contributed by atoms with Gasteiger partial charge >= 0.3 is 12.4 Å². The molecule has 1 aliphatic rings. The molecule has 0 aromatic carbocycles. The summed E-state index contributed by atoms with van der Waals surface area (Å²) in [5.74, 6) is -1.69. The molecule has 29 heavy (non-hydrogen) atoms. The highest BCUT2D eigenvalue weighted by Crippen LogP contribution is 2.43. The summed E-state index contributed by atoms with van der Waals surface area (Å²) >= 11 is 0. The van der Waals surface area contributed by atoms with Crippen molar-refractivity contribution in [2.24, 2.45) is 0 Å². The van der Waals surface area contributed by atoms with E-state index in [4.69, 9.17) is 10.2 Å². The van der Waals surface area contributed by atoms with E-state index in [2.05, 4.69) is 15.2 Å². The van der Waals surface area contributed by atoms with E-state index in [1.807, 2.05) is 0 Å². The first-order valence-electron chi connectivity index (χ1n) is 8.93. The van der Waals surface area contributed by atoms with Crippen LogP contribution < -0.4 is 5.73 Å². The summed E-state index contributed by atoms with van der Waals surface area (Å²) < 4.78 is 85.5. The second-order valence-corrected chi connectivity index (χ2v) is 6.96. The van der Waals surface area contributed by atoms with Crippen molar-refractivity contribution in [3.63, 3.8) is 0 Å². The molecule has 3 rings (SSSR count). The number of nitrogen functional groups attached to an aromatic ring is 1. The van der Waals surface area contributed by atoms with Gasteiger partial charge in [-0.05, 0) is 31.7 Å². The van der Waals surface area contributed by atoms with Crippen LogP contribution in [0.15, 0.2) is 10.5 Å². The molecule has 1 atom stereocenters. The fraction of sp³-hybridized carbons (Fsp3) is 0.588. The lowest BCUT2D eigenvalue weighted by Crippen LogP contribution is -2.42. The summed E-state index contributed by atoms with van der Waals surface area (Å²) in [6.07, 6.45) is -8.73. The van der Waals surface area contributed by atoms with Gasteiger partial charge in [0.1, 0.15) is 0 Å². The summed E-state index contributed by atoms with van der Waals surface area (Å²) in [4.78, 5) is 3.88. The molecule has 0 saturated carbocycles. The first kappa shape index (κ1) is 21.3. The van der Waals surface area contributed by atoms with Crippen molar-refractivity contribution >= 4 is 5.69 Å². The van der Waals surface area contributed by atoms with Gasteiger partial charge in [-0.1, -0.05) is 19.3 Å². The van der Waals surface area contributed by atoms with Crippen LogP contribution in [0.1, 0.15) is 55.7 Å². The van der Waals surface area contributed by atoms with Crippen molar-refractivity contribution < 1.29 is 35.9 Å². The molecule has 0 fully saturated rings. The number of anilines is 1. The van der Waals surface area contributed by atoms with Crippen molar-refractivity contribution in [3.05, 3.63) is 23.2 Å². The maximum absolute atomic E-state index is 13.5. The van der Waals surface area contributed by atoms with Crippen molar-refractivity contribution in [3.8, 4) is 11.6 Å². The quantitative estimate of drug-likeness (QED) is 0.609. The predicted molar refractivity (Wildman–Crippen MR) is 88.3 cm³/mol. The fourth-order valence-corrected chi connectivity index (χ4v) is 3.23. The number of alkyl halides is 6. The molecule has 2 aromatic rings. The molecular weight excluding hydrogens is 406 g/mol. The number of fused-ring (bicyclic) bond motifs is 5. The van der Waals surface area contributed by atoms with E-state index in [1.165, 1.54) is 0 Å². The Balaban J connectivity index is 2.14. The Morgan fingerprint density at radius 2 is 1.66 bits per heavy atom. The largest absolute Gasteiger partial charge is 0.426 e. The van der Waals surface area contributed by atoms with Gasteiger partial charge in [0.15, 0.2) is 5.69 Å². The zero-order valence-corrected chi connectivity index (χ0v) is 15.1. The fourth-order valence-electron chi connectivity index (χ4n) is 3.23. The Kier molecular flexibility index (Phi) is 5.50. The van der Waals surface area contributed by atoms with E-state index >= 15 is 0 Å². The highest BCUT2D eigenvalue weighted by Gasteiger charge is 2.58. The van der Waals surface area contributed by atoms with Gasteiger partial charge in [-0.15, -0.1) is 10.2 Å². The maximum atomic E-state index is 13.5. The molecule has 3 N–H and O–H groups in total. The SMILES string of the molecule is Nc1cc(C(F)(F)F)c2nc1-c1nnc(o1)C(O)(C(F)(F)F)CCCCCCC2. The number of nitrogens with zero attached hydrogens (tertiary/aromatic N) is 3. The van der Waals surface area contributed by atoms with Gasteiger partial charge in [0, 0.05) is 0 Å². The van der Waals surface area contributed by atoms with Crippen LogP contribution in [-0.2, 0) is 18.2 Å². The zero-order chi connectivity index (χ0) is 21.4. The smallest absolute Gasteiger partial charge is 0.416 e. The van der Waals surface area contributed by atoms with Crippen LogP contribution in [-0.4, -0.2) is 26.5 Å². The normalized spacial score (nSPS) is 21.6. The minimum Gasteiger partial charge on any atom is -0.416 e. The number of hydrogen-bond donors (Lipinski definition) is 2. The summed E-state index contributed by atoms with van der Waals surface area (Å²) in [7, 11) is 0. The molecular formula is C17H18F6N4O2. The Morgan fingerprint density at radius 3 is 2.31 bits per heavy atom. The number of aliphatic hydroxyl groups is 1. The molecule has 1 unspecified atom stereocenters.